The van der Waals surface area contributed by atoms with Crippen molar-refractivity contribution in [3.05, 3.63) is 65.5 Å². The topological polar surface area (TPSA) is 97.3 Å². The molecule has 7 heteroatoms. The Balaban J connectivity index is 1.70. The van der Waals surface area contributed by atoms with Crippen LogP contribution >= 0.6 is 0 Å². The van der Waals surface area contributed by atoms with Gasteiger partial charge in [0.1, 0.15) is 17.3 Å². The first kappa shape index (κ1) is 20.8. The summed E-state index contributed by atoms with van der Waals surface area (Å²) in [7, 11) is 0. The molecule has 0 amide bonds. The van der Waals surface area contributed by atoms with Crippen molar-refractivity contribution in [2.45, 2.75) is 13.3 Å². The second-order valence-electron chi connectivity index (χ2n) is 7.41. The van der Waals surface area contributed by atoms with Crippen molar-refractivity contribution in [3.8, 4) is 28.8 Å². The lowest BCUT2D eigenvalue weighted by Gasteiger charge is -2.28. The zero-order valence-electron chi connectivity index (χ0n) is 17.5. The van der Waals surface area contributed by atoms with E-state index in [0.29, 0.717) is 36.8 Å². The van der Waals surface area contributed by atoms with E-state index in [1.807, 2.05) is 37.3 Å². The predicted octanol–water partition coefficient (Wildman–Crippen LogP) is 3.45. The number of benzene rings is 1. The molecule has 31 heavy (non-hydrogen) atoms. The highest BCUT2D eigenvalue weighted by Crippen LogP contribution is 2.35. The van der Waals surface area contributed by atoms with Crippen LogP contribution in [-0.4, -0.2) is 42.8 Å². The van der Waals surface area contributed by atoms with Crippen LogP contribution in [0.3, 0.4) is 0 Å². The molecule has 0 bridgehead atoms. The van der Waals surface area contributed by atoms with E-state index < -0.39 is 0 Å². The highest BCUT2D eigenvalue weighted by molar-refractivity contribution is 5.69. The van der Waals surface area contributed by atoms with Gasteiger partial charge in [-0.3, -0.25) is 4.98 Å². The van der Waals surface area contributed by atoms with Gasteiger partial charge in [-0.25, -0.2) is 4.98 Å². The van der Waals surface area contributed by atoms with Crippen LogP contribution in [0.25, 0.3) is 11.3 Å². The number of morpholine rings is 1. The first-order chi connectivity index (χ1) is 15.2. The van der Waals surface area contributed by atoms with E-state index in [1.165, 1.54) is 0 Å². The van der Waals surface area contributed by atoms with E-state index in [4.69, 9.17) is 15.2 Å². The lowest BCUT2D eigenvalue weighted by atomic mass is 10.0. The number of nitrogens with two attached hydrogens (primary N) is 1. The standard InChI is InChI=1S/C24H25N5O2/c1-17-12-20(15-24(28-17)29-8-10-30-11-9-29)31-23-14-19(16-26)2-3-21(23)22-13-18(4-6-25)5-7-27-22/h2-3,5,7,12-15H,4,6,8-11,25H2,1H3. The van der Waals surface area contributed by atoms with E-state index in [-0.39, 0.29) is 0 Å². The maximum Gasteiger partial charge on any atom is 0.138 e. The molecule has 1 aliphatic heterocycles. The number of nitriles is 1. The summed E-state index contributed by atoms with van der Waals surface area (Å²) in [5.74, 6) is 2.11. The monoisotopic (exact) mass is 415 g/mol. The van der Waals surface area contributed by atoms with E-state index in [1.54, 1.807) is 18.3 Å². The molecule has 0 saturated carbocycles. The van der Waals surface area contributed by atoms with Gasteiger partial charge in [-0.1, -0.05) is 0 Å². The summed E-state index contributed by atoms with van der Waals surface area (Å²) in [5.41, 5.74) is 9.81. The summed E-state index contributed by atoms with van der Waals surface area (Å²) in [6.07, 6.45) is 2.55. The fourth-order valence-electron chi connectivity index (χ4n) is 3.59. The highest BCUT2D eigenvalue weighted by atomic mass is 16.5. The Kier molecular flexibility index (Phi) is 6.41. The number of aryl methyl sites for hydroxylation is 1. The van der Waals surface area contributed by atoms with Gasteiger partial charge in [-0.15, -0.1) is 0 Å². The van der Waals surface area contributed by atoms with Crippen molar-refractivity contribution < 1.29 is 9.47 Å². The molecule has 3 aromatic rings. The van der Waals surface area contributed by atoms with Crippen molar-refractivity contribution in [1.29, 1.82) is 5.26 Å². The van der Waals surface area contributed by atoms with Gasteiger partial charge in [-0.05, 0) is 55.8 Å². The zero-order chi connectivity index (χ0) is 21.6. The molecule has 7 nitrogen and oxygen atoms in total. The smallest absolute Gasteiger partial charge is 0.138 e. The molecule has 0 aliphatic carbocycles. The Labute approximate surface area is 182 Å². The third-order valence-corrected chi connectivity index (χ3v) is 5.12. The molecule has 2 aromatic heterocycles. The third-order valence-electron chi connectivity index (χ3n) is 5.12. The van der Waals surface area contributed by atoms with Crippen LogP contribution in [0.4, 0.5) is 5.82 Å². The van der Waals surface area contributed by atoms with Crippen molar-refractivity contribution in [2.24, 2.45) is 5.73 Å². The number of hydrogen-bond donors (Lipinski definition) is 1. The number of hydrogen-bond acceptors (Lipinski definition) is 7. The number of pyridine rings is 2. The Morgan fingerprint density at radius 2 is 2.00 bits per heavy atom. The van der Waals surface area contributed by atoms with Crippen molar-refractivity contribution in [1.82, 2.24) is 9.97 Å². The molecule has 3 heterocycles. The number of rotatable bonds is 6. The summed E-state index contributed by atoms with van der Waals surface area (Å²) in [6, 6.07) is 15.4. The van der Waals surface area contributed by atoms with Crippen molar-refractivity contribution >= 4 is 5.82 Å². The van der Waals surface area contributed by atoms with Crippen LogP contribution in [0.2, 0.25) is 0 Å². The van der Waals surface area contributed by atoms with E-state index in [9.17, 15) is 5.26 Å². The summed E-state index contributed by atoms with van der Waals surface area (Å²) >= 11 is 0. The Bertz CT molecular complexity index is 1100. The first-order valence-electron chi connectivity index (χ1n) is 10.3. The normalized spacial score (nSPS) is 13.6. The number of ether oxygens (including phenoxy) is 2. The third kappa shape index (κ3) is 5.00. The molecular weight excluding hydrogens is 390 g/mol. The molecule has 158 valence electrons. The fraction of sp³-hybridized carbons (Fsp3) is 0.292. The summed E-state index contributed by atoms with van der Waals surface area (Å²) < 4.78 is 11.8. The van der Waals surface area contributed by atoms with Crippen molar-refractivity contribution in [3.63, 3.8) is 0 Å². The molecule has 0 atom stereocenters. The van der Waals surface area contributed by atoms with Gasteiger partial charge in [0.25, 0.3) is 0 Å². The van der Waals surface area contributed by atoms with E-state index in [2.05, 4.69) is 20.9 Å². The van der Waals surface area contributed by atoms with Crippen LogP contribution in [0.1, 0.15) is 16.8 Å². The van der Waals surface area contributed by atoms with Gasteiger partial charge in [-0.2, -0.15) is 5.26 Å². The molecule has 1 saturated heterocycles. The number of nitrogens with zero attached hydrogens (tertiary/aromatic N) is 4. The molecule has 1 aromatic carbocycles. The van der Waals surface area contributed by atoms with Crippen molar-refractivity contribution in [2.75, 3.05) is 37.7 Å². The zero-order valence-corrected chi connectivity index (χ0v) is 17.5. The Morgan fingerprint density at radius 1 is 1.16 bits per heavy atom. The first-order valence-corrected chi connectivity index (χ1v) is 10.3. The molecule has 1 aliphatic rings. The lowest BCUT2D eigenvalue weighted by molar-refractivity contribution is 0.122. The highest BCUT2D eigenvalue weighted by Gasteiger charge is 2.16. The molecule has 2 N–H and O–H groups in total. The summed E-state index contributed by atoms with van der Waals surface area (Å²) in [5, 5.41) is 9.40. The fourth-order valence-corrected chi connectivity index (χ4v) is 3.59. The SMILES string of the molecule is Cc1cc(Oc2cc(C#N)ccc2-c2cc(CCN)ccn2)cc(N2CCOCC2)n1. The van der Waals surface area contributed by atoms with Crippen LogP contribution in [0.15, 0.2) is 48.7 Å². The molecule has 0 spiro atoms. The summed E-state index contributed by atoms with van der Waals surface area (Å²) in [6.45, 7) is 5.48. The van der Waals surface area contributed by atoms with E-state index >= 15 is 0 Å². The second-order valence-corrected chi connectivity index (χ2v) is 7.41. The molecule has 0 unspecified atom stereocenters. The van der Waals surface area contributed by atoms with Crippen LogP contribution in [0.5, 0.6) is 11.5 Å². The van der Waals surface area contributed by atoms with Gasteiger partial charge in [0.2, 0.25) is 0 Å². The van der Waals surface area contributed by atoms with E-state index in [0.717, 1.165) is 47.8 Å². The minimum absolute atomic E-state index is 0.524. The number of anilines is 1. The van der Waals surface area contributed by atoms with Crippen LogP contribution < -0.4 is 15.4 Å². The van der Waals surface area contributed by atoms with Crippen LogP contribution in [0, 0.1) is 18.3 Å². The lowest BCUT2D eigenvalue weighted by Crippen LogP contribution is -2.36. The largest absolute Gasteiger partial charge is 0.456 e. The Hall–Kier alpha value is -3.47. The second kappa shape index (κ2) is 9.56. The number of aromatic nitrogens is 2. The van der Waals surface area contributed by atoms with Gasteiger partial charge in [0, 0.05) is 42.7 Å². The average molecular weight is 415 g/mol. The summed E-state index contributed by atoms with van der Waals surface area (Å²) in [4.78, 5) is 11.4. The maximum absolute atomic E-state index is 9.40. The van der Waals surface area contributed by atoms with Gasteiger partial charge in [0.05, 0.1) is 30.5 Å². The molecule has 4 rings (SSSR count). The average Bonchev–Trinajstić information content (AvgIpc) is 2.79. The molecule has 0 radical (unpaired) electrons. The van der Waals surface area contributed by atoms with Gasteiger partial charge < -0.3 is 20.1 Å². The predicted molar refractivity (Wildman–Crippen MR) is 119 cm³/mol. The quantitative estimate of drug-likeness (QED) is 0.658. The molecular formula is C24H25N5O2. The maximum atomic E-state index is 9.40. The van der Waals surface area contributed by atoms with Gasteiger partial charge >= 0.3 is 0 Å². The minimum atomic E-state index is 0.524. The molecule has 1 fully saturated rings. The van der Waals surface area contributed by atoms with Crippen LogP contribution in [-0.2, 0) is 11.2 Å². The van der Waals surface area contributed by atoms with Gasteiger partial charge in [0.15, 0.2) is 0 Å². The Morgan fingerprint density at radius 3 is 2.77 bits per heavy atom. The minimum Gasteiger partial charge on any atom is -0.456 e.